The van der Waals surface area contributed by atoms with Crippen LogP contribution in [0.1, 0.15) is 29.5 Å². The quantitative estimate of drug-likeness (QED) is 0.343. The number of aryl methyl sites for hydroxylation is 2. The zero-order valence-electron chi connectivity index (χ0n) is 24.2. The van der Waals surface area contributed by atoms with Crippen LogP contribution in [-0.4, -0.2) is 101 Å². The minimum atomic E-state index is -3.71. The molecule has 4 rings (SSSR count). The average Bonchev–Trinajstić information content (AvgIpc) is 3.43. The number of rotatable bonds is 14. The molecular formula is C29H42N4O6S. The molecule has 2 heterocycles. The highest BCUT2D eigenvalue weighted by Crippen LogP contribution is 2.29. The molecule has 0 saturated carbocycles. The summed E-state index contributed by atoms with van der Waals surface area (Å²) in [7, 11) is 1.14. The Labute approximate surface area is 238 Å². The Kier molecular flexibility index (Phi) is 10.1. The number of hydrogen-bond acceptors (Lipinski definition) is 8. The zero-order chi connectivity index (χ0) is 28.9. The molecule has 0 aliphatic carbocycles. The van der Waals surface area contributed by atoms with E-state index in [1.165, 1.54) is 17.1 Å². The number of likely N-dealkylation sites (tertiary alicyclic amines) is 1. The summed E-state index contributed by atoms with van der Waals surface area (Å²) in [6, 6.07) is 11.3. The third-order valence-electron chi connectivity index (χ3n) is 7.46. The van der Waals surface area contributed by atoms with Gasteiger partial charge in [-0.3, -0.25) is 15.0 Å². The molecule has 2 atom stereocenters. The van der Waals surface area contributed by atoms with Gasteiger partial charge in [0.25, 0.3) is 0 Å². The summed E-state index contributed by atoms with van der Waals surface area (Å²) in [5.41, 5.74) is 2.27. The van der Waals surface area contributed by atoms with E-state index in [1.807, 2.05) is 24.3 Å². The van der Waals surface area contributed by atoms with Gasteiger partial charge in [0.1, 0.15) is 30.4 Å². The molecule has 11 heteroatoms. The van der Waals surface area contributed by atoms with Crippen LogP contribution in [0.25, 0.3) is 0 Å². The van der Waals surface area contributed by atoms with Gasteiger partial charge in [0, 0.05) is 33.7 Å². The van der Waals surface area contributed by atoms with E-state index in [-0.39, 0.29) is 36.2 Å². The summed E-state index contributed by atoms with van der Waals surface area (Å²) >= 11 is 0. The highest BCUT2D eigenvalue weighted by molar-refractivity contribution is 7.89. The van der Waals surface area contributed by atoms with Crippen molar-refractivity contribution in [3.05, 3.63) is 53.1 Å². The number of carbonyl (C=O) groups excluding carboxylic acids is 1. The summed E-state index contributed by atoms with van der Waals surface area (Å²) in [6.45, 7) is 8.22. The third kappa shape index (κ3) is 7.73. The number of sulfonamides is 1. The molecule has 2 fully saturated rings. The molecule has 10 nitrogen and oxygen atoms in total. The molecular weight excluding hydrogens is 532 g/mol. The largest absolute Gasteiger partial charge is 0.497 e. The fourth-order valence-electron chi connectivity index (χ4n) is 5.08. The number of methoxy groups -OCH3 is 1. The second-order valence-electron chi connectivity index (χ2n) is 10.6. The lowest BCUT2D eigenvalue weighted by Gasteiger charge is -2.20. The number of carbonyl (C=O) groups is 1. The highest BCUT2D eigenvalue weighted by atomic mass is 32.2. The fourth-order valence-corrected chi connectivity index (χ4v) is 6.67. The molecule has 2 aliphatic rings. The minimum absolute atomic E-state index is 0.0781. The Balaban J connectivity index is 1.18. The predicted molar refractivity (Wildman–Crippen MR) is 153 cm³/mol. The van der Waals surface area contributed by atoms with Crippen LogP contribution in [0.2, 0.25) is 0 Å². The number of nitrogens with one attached hydrogen (secondary N) is 1. The van der Waals surface area contributed by atoms with Gasteiger partial charge in [-0.25, -0.2) is 8.42 Å². The normalized spacial score (nSPS) is 19.1. The van der Waals surface area contributed by atoms with Crippen molar-refractivity contribution in [3.8, 4) is 11.5 Å². The first-order valence-corrected chi connectivity index (χ1v) is 15.2. The molecule has 0 spiro atoms. The molecule has 1 N–H and O–H groups in total. The van der Waals surface area contributed by atoms with Crippen molar-refractivity contribution in [2.45, 2.75) is 50.5 Å². The molecule has 1 amide bonds. The lowest BCUT2D eigenvalue weighted by Crippen LogP contribution is -2.38. The van der Waals surface area contributed by atoms with Crippen LogP contribution in [0.5, 0.6) is 11.5 Å². The van der Waals surface area contributed by atoms with Crippen molar-refractivity contribution in [2.75, 3.05) is 60.5 Å². The van der Waals surface area contributed by atoms with Gasteiger partial charge in [0.15, 0.2) is 0 Å². The predicted octanol–water partition coefficient (Wildman–Crippen LogP) is 2.38. The van der Waals surface area contributed by atoms with Crippen LogP contribution >= 0.6 is 0 Å². The number of benzene rings is 2. The van der Waals surface area contributed by atoms with Crippen molar-refractivity contribution in [3.63, 3.8) is 0 Å². The summed E-state index contributed by atoms with van der Waals surface area (Å²) in [5.74, 6) is 1.38. The van der Waals surface area contributed by atoms with E-state index in [0.717, 1.165) is 30.9 Å². The van der Waals surface area contributed by atoms with E-state index in [1.54, 1.807) is 52.1 Å². The van der Waals surface area contributed by atoms with E-state index in [4.69, 9.17) is 14.2 Å². The number of hydrogen-bond donors (Lipinski definition) is 1. The molecule has 40 heavy (non-hydrogen) atoms. The monoisotopic (exact) mass is 574 g/mol. The van der Waals surface area contributed by atoms with Crippen molar-refractivity contribution in [2.24, 2.45) is 0 Å². The first-order chi connectivity index (χ1) is 19.1. The van der Waals surface area contributed by atoms with Gasteiger partial charge in [-0.1, -0.05) is 12.1 Å². The van der Waals surface area contributed by atoms with Gasteiger partial charge in [0.05, 0.1) is 18.6 Å². The summed E-state index contributed by atoms with van der Waals surface area (Å²) < 4.78 is 44.5. The standard InChI is InChI=1S/C29H42N4O6S/c1-21-16-25(37-5)17-22(2)28(21)40(35,36)32(4)20-26-29(39-26)30-18-27(34)31(3)19-23-8-10-24(11-9-23)38-15-14-33-12-6-7-13-33/h8-11,16-17,26,29-30H,6-7,12-15,18-20H2,1-5H3. The van der Waals surface area contributed by atoms with Crippen LogP contribution in [-0.2, 0) is 26.1 Å². The maximum Gasteiger partial charge on any atom is 0.243 e. The molecule has 2 aromatic carbocycles. The Morgan fingerprint density at radius 3 is 2.35 bits per heavy atom. The molecule has 2 saturated heterocycles. The number of epoxide rings is 1. The Morgan fingerprint density at radius 2 is 1.73 bits per heavy atom. The van der Waals surface area contributed by atoms with E-state index in [0.29, 0.717) is 30.0 Å². The van der Waals surface area contributed by atoms with Crippen molar-refractivity contribution in [1.82, 2.24) is 19.4 Å². The van der Waals surface area contributed by atoms with Crippen LogP contribution in [0, 0.1) is 13.8 Å². The summed E-state index contributed by atoms with van der Waals surface area (Å²) in [6.07, 6.45) is 1.86. The molecule has 2 aliphatic heterocycles. The Hall–Kier alpha value is -2.70. The lowest BCUT2D eigenvalue weighted by molar-refractivity contribution is -0.129. The van der Waals surface area contributed by atoms with Crippen molar-refractivity contribution < 1.29 is 27.4 Å². The smallest absolute Gasteiger partial charge is 0.243 e. The van der Waals surface area contributed by atoms with Gasteiger partial charge in [-0.15, -0.1) is 0 Å². The van der Waals surface area contributed by atoms with Crippen LogP contribution in [0.15, 0.2) is 41.3 Å². The molecule has 0 radical (unpaired) electrons. The maximum atomic E-state index is 13.2. The van der Waals surface area contributed by atoms with E-state index in [9.17, 15) is 13.2 Å². The number of ether oxygens (including phenoxy) is 3. The molecule has 2 unspecified atom stereocenters. The van der Waals surface area contributed by atoms with Gasteiger partial charge in [-0.05, 0) is 80.7 Å². The molecule has 2 aromatic rings. The van der Waals surface area contributed by atoms with Crippen molar-refractivity contribution in [1.29, 1.82) is 0 Å². The second-order valence-corrected chi connectivity index (χ2v) is 12.6. The van der Waals surface area contributed by atoms with E-state index in [2.05, 4.69) is 10.2 Å². The first-order valence-electron chi connectivity index (χ1n) is 13.8. The topological polar surface area (TPSA) is 104 Å². The second kappa shape index (κ2) is 13.3. The van der Waals surface area contributed by atoms with Crippen LogP contribution in [0.3, 0.4) is 0 Å². The number of amides is 1. The lowest BCUT2D eigenvalue weighted by atomic mass is 10.1. The van der Waals surface area contributed by atoms with Crippen LogP contribution < -0.4 is 14.8 Å². The van der Waals surface area contributed by atoms with Gasteiger partial charge in [0.2, 0.25) is 15.9 Å². The first kappa shape index (κ1) is 30.3. The van der Waals surface area contributed by atoms with Gasteiger partial charge >= 0.3 is 0 Å². The number of likely N-dealkylation sites (N-methyl/N-ethyl adjacent to an activating group) is 2. The number of nitrogens with zero attached hydrogens (tertiary/aromatic N) is 3. The zero-order valence-corrected chi connectivity index (χ0v) is 25.0. The Bertz CT molecular complexity index is 1240. The molecule has 220 valence electrons. The van der Waals surface area contributed by atoms with Crippen molar-refractivity contribution >= 4 is 15.9 Å². The minimum Gasteiger partial charge on any atom is -0.497 e. The highest BCUT2D eigenvalue weighted by Gasteiger charge is 2.42. The summed E-state index contributed by atoms with van der Waals surface area (Å²) in [5, 5.41) is 3.09. The Morgan fingerprint density at radius 1 is 1.07 bits per heavy atom. The fraction of sp³-hybridized carbons (Fsp3) is 0.552. The maximum absolute atomic E-state index is 13.2. The van der Waals surface area contributed by atoms with E-state index >= 15 is 0 Å². The average molecular weight is 575 g/mol. The van der Waals surface area contributed by atoms with E-state index < -0.39 is 10.0 Å². The third-order valence-corrected chi connectivity index (χ3v) is 9.59. The molecule has 0 bridgehead atoms. The van der Waals surface area contributed by atoms with Gasteiger partial charge < -0.3 is 19.1 Å². The SMILES string of the molecule is COc1cc(C)c(S(=O)(=O)N(C)CC2OC2NCC(=O)N(C)Cc2ccc(OCCN3CCCC3)cc2)c(C)c1. The van der Waals surface area contributed by atoms with Gasteiger partial charge in [-0.2, -0.15) is 4.31 Å². The molecule has 0 aromatic heterocycles. The van der Waals surface area contributed by atoms with Crippen LogP contribution in [0.4, 0.5) is 0 Å². The summed E-state index contributed by atoms with van der Waals surface area (Å²) in [4.78, 5) is 17.0.